The Balaban J connectivity index is 1.15. The van der Waals surface area contributed by atoms with E-state index in [2.05, 4.69) is 32.7 Å². The smallest absolute Gasteiger partial charge is 0.410 e. The van der Waals surface area contributed by atoms with Crippen LogP contribution in [0.3, 0.4) is 0 Å². The van der Waals surface area contributed by atoms with Gasteiger partial charge >= 0.3 is 18.2 Å². The zero-order valence-corrected chi connectivity index (χ0v) is 35.2. The molecule has 2 aliphatic carbocycles. The average Bonchev–Trinajstić information content (AvgIpc) is 3.15. The summed E-state index contributed by atoms with van der Waals surface area (Å²) in [5.74, 6) is 1.42. The van der Waals surface area contributed by atoms with Crippen molar-refractivity contribution in [2.75, 3.05) is 49.5 Å². The fraction of sp³-hybridized carbons (Fsp3) is 0.698. The minimum absolute atomic E-state index is 0.0536. The van der Waals surface area contributed by atoms with Gasteiger partial charge in [0.2, 0.25) is 5.95 Å². The van der Waals surface area contributed by atoms with E-state index >= 15 is 0 Å². The normalized spacial score (nSPS) is 17.3. The van der Waals surface area contributed by atoms with Crippen molar-refractivity contribution in [3.63, 3.8) is 0 Å². The molecule has 1 saturated heterocycles. The summed E-state index contributed by atoms with van der Waals surface area (Å²) in [6.07, 6.45) is 11.2. The number of urea groups is 1. The minimum Gasteiger partial charge on any atom is -0.444 e. The first-order chi connectivity index (χ1) is 26.6. The van der Waals surface area contributed by atoms with Gasteiger partial charge in [0.05, 0.1) is 0 Å². The summed E-state index contributed by atoms with van der Waals surface area (Å²) < 4.78 is 11.6. The third-order valence-corrected chi connectivity index (χ3v) is 10.6. The van der Waals surface area contributed by atoms with Crippen LogP contribution in [0.4, 0.5) is 26.1 Å². The Hall–Kier alpha value is -4.29. The highest BCUT2D eigenvalue weighted by Crippen LogP contribution is 2.26. The SMILES string of the molecule is Cc1cc(N2CCN(C(=O)NC3CCCCC3)CC2)nc(NCc2ccc(CN(CCCN(C(=O)OC(C)(C)C)C3CCCCC3)C(=O)OC(C)(C)C)cc2)n1. The number of amides is 4. The Morgan fingerprint density at radius 1 is 0.768 bits per heavy atom. The first kappa shape index (κ1) is 42.8. The first-order valence-corrected chi connectivity index (χ1v) is 21.1. The number of ether oxygens (including phenoxy) is 2. The van der Waals surface area contributed by atoms with Crippen LogP contribution in [0.5, 0.6) is 0 Å². The molecule has 5 rings (SSSR count). The van der Waals surface area contributed by atoms with Crippen molar-refractivity contribution in [1.29, 1.82) is 0 Å². The Kier molecular flexibility index (Phi) is 15.1. The third-order valence-electron chi connectivity index (χ3n) is 10.6. The molecule has 4 amide bonds. The lowest BCUT2D eigenvalue weighted by atomic mass is 9.94. The molecule has 2 saturated carbocycles. The molecule has 1 aromatic carbocycles. The van der Waals surface area contributed by atoms with E-state index in [9.17, 15) is 14.4 Å². The lowest BCUT2D eigenvalue weighted by Crippen LogP contribution is -2.53. The van der Waals surface area contributed by atoms with Crippen molar-refractivity contribution in [2.24, 2.45) is 0 Å². The van der Waals surface area contributed by atoms with E-state index < -0.39 is 11.2 Å². The maximum absolute atomic E-state index is 13.4. The van der Waals surface area contributed by atoms with Gasteiger partial charge in [0.15, 0.2) is 0 Å². The number of aryl methyl sites for hydroxylation is 1. The van der Waals surface area contributed by atoms with E-state index in [1.807, 2.05) is 76.5 Å². The molecule has 1 aromatic heterocycles. The average molecular weight is 777 g/mol. The summed E-state index contributed by atoms with van der Waals surface area (Å²) in [6, 6.07) is 10.7. The van der Waals surface area contributed by atoms with Crippen molar-refractivity contribution >= 4 is 30.0 Å². The van der Waals surface area contributed by atoms with Crippen LogP contribution < -0.4 is 15.5 Å². The summed E-state index contributed by atoms with van der Waals surface area (Å²) in [5, 5.41) is 6.64. The van der Waals surface area contributed by atoms with Crippen LogP contribution in [0, 0.1) is 6.92 Å². The van der Waals surface area contributed by atoms with Crippen LogP contribution in [0.15, 0.2) is 30.3 Å². The van der Waals surface area contributed by atoms with Gasteiger partial charge in [-0.05, 0) is 91.7 Å². The maximum atomic E-state index is 13.4. The van der Waals surface area contributed by atoms with Crippen LogP contribution in [0.1, 0.15) is 129 Å². The highest BCUT2D eigenvalue weighted by atomic mass is 16.6. The summed E-state index contributed by atoms with van der Waals surface area (Å²) in [4.78, 5) is 56.8. The Labute approximate surface area is 335 Å². The minimum atomic E-state index is -0.633. The zero-order valence-electron chi connectivity index (χ0n) is 35.2. The summed E-state index contributed by atoms with van der Waals surface area (Å²) in [6.45, 7) is 17.9. The Morgan fingerprint density at radius 2 is 1.36 bits per heavy atom. The molecule has 0 atom stereocenters. The highest BCUT2D eigenvalue weighted by Gasteiger charge is 2.30. The summed E-state index contributed by atoms with van der Waals surface area (Å²) in [7, 11) is 0. The standard InChI is InChI=1S/C43H68N8O5/c1-32-29-37(48-25-27-49(28-26-48)39(52)46-35-15-10-8-11-16-35)47-38(45-32)44-30-33-19-21-34(22-20-33)31-50(40(53)55-42(2,3)4)23-14-24-51(36-17-12-9-13-18-36)41(54)56-43(5,6)7/h19-22,29,35-36H,8-18,23-28,30-31H2,1-7H3,(H,46,52)(H,44,45,47). The number of anilines is 2. The fourth-order valence-electron chi connectivity index (χ4n) is 7.74. The van der Waals surface area contributed by atoms with E-state index in [0.29, 0.717) is 57.7 Å². The number of hydrogen-bond donors (Lipinski definition) is 2. The van der Waals surface area contributed by atoms with Crippen molar-refractivity contribution < 1.29 is 23.9 Å². The molecule has 13 nitrogen and oxygen atoms in total. The second-order valence-corrected chi connectivity index (χ2v) is 17.8. The van der Waals surface area contributed by atoms with Crippen molar-refractivity contribution in [2.45, 2.75) is 155 Å². The third kappa shape index (κ3) is 13.7. The van der Waals surface area contributed by atoms with Gasteiger partial charge in [-0.15, -0.1) is 0 Å². The zero-order chi connectivity index (χ0) is 40.3. The summed E-state index contributed by atoms with van der Waals surface area (Å²) in [5.41, 5.74) is 1.71. The van der Waals surface area contributed by atoms with Gasteiger partial charge in [-0.1, -0.05) is 62.8 Å². The first-order valence-electron chi connectivity index (χ1n) is 21.1. The van der Waals surface area contributed by atoms with E-state index in [-0.39, 0.29) is 24.3 Å². The molecule has 2 heterocycles. The number of piperazine rings is 1. The fourth-order valence-corrected chi connectivity index (χ4v) is 7.74. The Morgan fingerprint density at radius 3 is 1.98 bits per heavy atom. The van der Waals surface area contributed by atoms with Crippen molar-refractivity contribution in [3.05, 3.63) is 47.2 Å². The van der Waals surface area contributed by atoms with Crippen LogP contribution in [0.25, 0.3) is 0 Å². The number of nitrogens with one attached hydrogen (secondary N) is 2. The van der Waals surface area contributed by atoms with Crippen LogP contribution in [-0.4, -0.2) is 105 Å². The molecular weight excluding hydrogens is 709 g/mol. The van der Waals surface area contributed by atoms with Gasteiger partial charge in [-0.2, -0.15) is 4.98 Å². The predicted molar refractivity (Wildman–Crippen MR) is 221 cm³/mol. The van der Waals surface area contributed by atoms with Gasteiger partial charge in [-0.3, -0.25) is 0 Å². The highest BCUT2D eigenvalue weighted by molar-refractivity contribution is 5.75. The number of hydrogen-bond acceptors (Lipinski definition) is 9. The molecule has 0 radical (unpaired) electrons. The van der Waals surface area contributed by atoms with Crippen LogP contribution in [-0.2, 0) is 22.6 Å². The molecule has 3 aliphatic rings. The van der Waals surface area contributed by atoms with E-state index in [4.69, 9.17) is 14.5 Å². The predicted octanol–water partition coefficient (Wildman–Crippen LogP) is 8.26. The largest absolute Gasteiger partial charge is 0.444 e. The molecule has 310 valence electrons. The molecule has 0 spiro atoms. The number of rotatable bonds is 12. The van der Waals surface area contributed by atoms with Gasteiger partial charge in [0.1, 0.15) is 17.0 Å². The quantitative estimate of drug-likeness (QED) is 0.219. The molecule has 3 fully saturated rings. The maximum Gasteiger partial charge on any atom is 0.410 e. The van der Waals surface area contributed by atoms with Crippen LogP contribution in [0.2, 0.25) is 0 Å². The van der Waals surface area contributed by atoms with Gasteiger partial charge < -0.3 is 39.7 Å². The number of aromatic nitrogens is 2. The summed E-state index contributed by atoms with van der Waals surface area (Å²) >= 11 is 0. The molecular formula is C43H68N8O5. The van der Waals surface area contributed by atoms with Crippen molar-refractivity contribution in [1.82, 2.24) is 30.0 Å². The van der Waals surface area contributed by atoms with Gasteiger partial charge in [0.25, 0.3) is 0 Å². The lowest BCUT2D eigenvalue weighted by Gasteiger charge is -2.36. The second-order valence-electron chi connectivity index (χ2n) is 17.8. The number of carbonyl (C=O) groups is 3. The number of carbonyl (C=O) groups excluding carboxylic acids is 3. The molecule has 56 heavy (non-hydrogen) atoms. The topological polar surface area (TPSA) is 132 Å². The molecule has 0 unspecified atom stereocenters. The molecule has 0 bridgehead atoms. The van der Waals surface area contributed by atoms with Crippen molar-refractivity contribution in [3.8, 4) is 0 Å². The van der Waals surface area contributed by atoms with E-state index in [1.54, 1.807) is 4.90 Å². The molecule has 1 aliphatic heterocycles. The van der Waals surface area contributed by atoms with Gasteiger partial charge in [-0.25, -0.2) is 19.4 Å². The molecule has 13 heteroatoms. The second kappa shape index (κ2) is 19.7. The number of nitrogens with zero attached hydrogens (tertiary/aromatic N) is 6. The van der Waals surface area contributed by atoms with E-state index in [0.717, 1.165) is 74.3 Å². The van der Waals surface area contributed by atoms with Gasteiger partial charge in [0, 0.05) is 76.2 Å². The van der Waals surface area contributed by atoms with Crippen LogP contribution >= 0.6 is 0 Å². The molecule has 2 aromatic rings. The number of benzene rings is 1. The monoisotopic (exact) mass is 777 g/mol. The molecule has 2 N–H and O–H groups in total. The lowest BCUT2D eigenvalue weighted by molar-refractivity contribution is 0.00969. The Bertz CT molecular complexity index is 1570. The van der Waals surface area contributed by atoms with E-state index in [1.165, 1.54) is 25.7 Å².